The molecule has 0 saturated carbocycles. The summed E-state index contributed by atoms with van der Waals surface area (Å²) in [5.41, 5.74) is 1.25. The van der Waals surface area contributed by atoms with Crippen LogP contribution in [0.5, 0.6) is 5.75 Å². The highest BCUT2D eigenvalue weighted by molar-refractivity contribution is 5.80. The van der Waals surface area contributed by atoms with Crippen molar-refractivity contribution in [2.45, 2.75) is 19.3 Å². The van der Waals surface area contributed by atoms with Gasteiger partial charge in [0.2, 0.25) is 0 Å². The predicted molar refractivity (Wildman–Crippen MR) is 122 cm³/mol. The van der Waals surface area contributed by atoms with Gasteiger partial charge in [-0.1, -0.05) is 18.2 Å². The van der Waals surface area contributed by atoms with Crippen molar-refractivity contribution in [3.63, 3.8) is 0 Å². The van der Waals surface area contributed by atoms with Gasteiger partial charge in [-0.3, -0.25) is 9.99 Å². The van der Waals surface area contributed by atoms with Crippen molar-refractivity contribution in [2.24, 2.45) is 5.10 Å². The molecule has 2 aromatic heterocycles. The highest BCUT2D eigenvalue weighted by Gasteiger charge is 2.34. The van der Waals surface area contributed by atoms with Crippen molar-refractivity contribution >= 4 is 6.21 Å². The van der Waals surface area contributed by atoms with Crippen LogP contribution in [0.2, 0.25) is 0 Å². The minimum Gasteiger partial charge on any atom is -0.497 e. The quantitative estimate of drug-likeness (QED) is 0.353. The second kappa shape index (κ2) is 9.06. The van der Waals surface area contributed by atoms with Crippen LogP contribution in [0.3, 0.4) is 0 Å². The first-order valence-electron chi connectivity index (χ1n) is 10.8. The summed E-state index contributed by atoms with van der Waals surface area (Å²) in [7, 11) is 1.31. The standard InChI is InChI=1S/C25H18F5N5O/c1-36-16-7-8-17(19(9-16)25(28,29)30)14-5-6-15(31-10-14)12-35-13-22-21(11-32-35)33-24(34-22)18-3-2-4-20(26)23(18)27/h2-11H,12-13H2,1H3,(H,33,34). The third-order valence-electron chi connectivity index (χ3n) is 5.71. The normalized spacial score (nSPS) is 13.1. The van der Waals surface area contributed by atoms with Crippen LogP contribution < -0.4 is 4.74 Å². The van der Waals surface area contributed by atoms with Crippen LogP contribution in [0.25, 0.3) is 22.5 Å². The second-order valence-electron chi connectivity index (χ2n) is 8.06. The summed E-state index contributed by atoms with van der Waals surface area (Å²) < 4.78 is 73.4. The van der Waals surface area contributed by atoms with E-state index < -0.39 is 23.4 Å². The number of hydrogen-bond donors (Lipinski definition) is 1. The maximum absolute atomic E-state index is 14.1. The first-order chi connectivity index (χ1) is 17.2. The molecule has 4 aromatic rings. The van der Waals surface area contributed by atoms with E-state index in [1.54, 1.807) is 17.1 Å². The Balaban J connectivity index is 1.33. The summed E-state index contributed by atoms with van der Waals surface area (Å²) in [6, 6.07) is 10.8. The van der Waals surface area contributed by atoms with Gasteiger partial charge in [-0.15, -0.1) is 0 Å². The fourth-order valence-corrected chi connectivity index (χ4v) is 3.92. The van der Waals surface area contributed by atoms with Gasteiger partial charge in [0.15, 0.2) is 11.6 Å². The lowest BCUT2D eigenvalue weighted by atomic mass is 10.00. The molecule has 0 bridgehead atoms. The van der Waals surface area contributed by atoms with Gasteiger partial charge in [0.1, 0.15) is 11.6 Å². The molecule has 0 atom stereocenters. The first-order valence-corrected chi connectivity index (χ1v) is 10.8. The van der Waals surface area contributed by atoms with Crippen molar-refractivity contribution in [1.29, 1.82) is 0 Å². The molecule has 5 rings (SSSR count). The molecular formula is C25H18F5N5O. The number of aromatic nitrogens is 3. The molecule has 0 unspecified atom stereocenters. The molecule has 3 heterocycles. The summed E-state index contributed by atoms with van der Waals surface area (Å²) in [4.78, 5) is 11.6. The van der Waals surface area contributed by atoms with Crippen LogP contribution in [0, 0.1) is 11.6 Å². The van der Waals surface area contributed by atoms with Gasteiger partial charge in [-0.25, -0.2) is 13.8 Å². The van der Waals surface area contributed by atoms with Crippen LogP contribution in [-0.2, 0) is 19.3 Å². The van der Waals surface area contributed by atoms with Crippen LogP contribution >= 0.6 is 0 Å². The number of aromatic amines is 1. The minimum absolute atomic E-state index is 0.00313. The molecule has 184 valence electrons. The zero-order valence-electron chi connectivity index (χ0n) is 18.8. The largest absolute Gasteiger partial charge is 0.497 e. The molecule has 1 N–H and O–H groups in total. The number of H-pyrrole nitrogens is 1. The van der Waals surface area contributed by atoms with Crippen LogP contribution in [0.4, 0.5) is 22.0 Å². The van der Waals surface area contributed by atoms with Gasteiger partial charge in [-0.05, 0) is 35.9 Å². The van der Waals surface area contributed by atoms with Crippen molar-refractivity contribution in [3.8, 4) is 28.3 Å². The topological polar surface area (TPSA) is 66.4 Å². The van der Waals surface area contributed by atoms with Crippen molar-refractivity contribution in [1.82, 2.24) is 20.0 Å². The lowest BCUT2D eigenvalue weighted by molar-refractivity contribution is -0.137. The third kappa shape index (κ3) is 4.51. The number of hydrazone groups is 1. The molecule has 1 aliphatic heterocycles. The van der Waals surface area contributed by atoms with Crippen LogP contribution in [0.1, 0.15) is 22.6 Å². The molecule has 11 heteroatoms. The molecule has 2 aromatic carbocycles. The molecule has 6 nitrogen and oxygen atoms in total. The van der Waals surface area contributed by atoms with Crippen LogP contribution in [0.15, 0.2) is 59.8 Å². The van der Waals surface area contributed by atoms with Crippen molar-refractivity contribution in [2.75, 3.05) is 7.11 Å². The molecule has 0 aliphatic carbocycles. The third-order valence-corrected chi connectivity index (χ3v) is 5.71. The highest BCUT2D eigenvalue weighted by Crippen LogP contribution is 2.39. The van der Waals surface area contributed by atoms with E-state index in [9.17, 15) is 22.0 Å². The Morgan fingerprint density at radius 1 is 1.06 bits per heavy atom. The smallest absolute Gasteiger partial charge is 0.417 e. The van der Waals surface area contributed by atoms with Gasteiger partial charge in [0.05, 0.1) is 54.6 Å². The SMILES string of the molecule is COc1ccc(-c2ccc(CN3Cc4nc(-c5cccc(F)c5F)[nH]c4C=N3)nc2)c(C(F)(F)F)c1. The highest BCUT2D eigenvalue weighted by atomic mass is 19.4. The summed E-state index contributed by atoms with van der Waals surface area (Å²) >= 11 is 0. The van der Waals surface area contributed by atoms with E-state index in [1.807, 2.05) is 0 Å². The average molecular weight is 499 g/mol. The number of alkyl halides is 3. The lowest BCUT2D eigenvalue weighted by Gasteiger charge is -2.21. The number of imidazole rings is 1. The van der Waals surface area contributed by atoms with E-state index in [0.717, 1.165) is 12.1 Å². The first kappa shape index (κ1) is 23.5. The molecule has 0 amide bonds. The minimum atomic E-state index is -4.56. The number of nitrogens with one attached hydrogen (secondary N) is 1. The number of fused-ring (bicyclic) bond motifs is 1. The molecule has 36 heavy (non-hydrogen) atoms. The molecule has 1 aliphatic rings. The number of hydrogen-bond acceptors (Lipinski definition) is 5. The summed E-state index contributed by atoms with van der Waals surface area (Å²) in [5.74, 6) is -1.66. The van der Waals surface area contributed by atoms with Gasteiger partial charge < -0.3 is 9.72 Å². The Hall–Kier alpha value is -4.28. The zero-order valence-corrected chi connectivity index (χ0v) is 18.8. The van der Waals surface area contributed by atoms with Crippen molar-refractivity contribution in [3.05, 3.63) is 89.0 Å². The Morgan fingerprint density at radius 3 is 2.61 bits per heavy atom. The van der Waals surface area contributed by atoms with E-state index in [2.05, 4.69) is 20.1 Å². The van der Waals surface area contributed by atoms with Gasteiger partial charge in [0.25, 0.3) is 0 Å². The number of halogens is 5. The summed E-state index contributed by atoms with van der Waals surface area (Å²) in [6.45, 7) is 0.543. The number of pyridine rings is 1. The predicted octanol–water partition coefficient (Wildman–Crippen LogP) is 5.79. The fraction of sp³-hybridized carbons (Fsp3) is 0.160. The van der Waals surface area contributed by atoms with E-state index in [1.165, 1.54) is 43.8 Å². The average Bonchev–Trinajstić information content (AvgIpc) is 3.28. The van der Waals surface area contributed by atoms with E-state index in [0.29, 0.717) is 22.6 Å². The molecule has 0 radical (unpaired) electrons. The van der Waals surface area contributed by atoms with E-state index >= 15 is 0 Å². The Labute approximate surface area is 202 Å². The Morgan fingerprint density at radius 2 is 1.89 bits per heavy atom. The van der Waals surface area contributed by atoms with Gasteiger partial charge >= 0.3 is 6.18 Å². The molecule has 0 saturated heterocycles. The van der Waals surface area contributed by atoms with Crippen LogP contribution in [-0.4, -0.2) is 33.3 Å². The number of nitrogens with zero attached hydrogens (tertiary/aromatic N) is 4. The number of benzene rings is 2. The van der Waals surface area contributed by atoms with Gasteiger partial charge in [0, 0.05) is 11.8 Å². The lowest BCUT2D eigenvalue weighted by Crippen LogP contribution is -2.22. The fourth-order valence-electron chi connectivity index (χ4n) is 3.92. The number of rotatable bonds is 5. The summed E-state index contributed by atoms with van der Waals surface area (Å²) in [6.07, 6.45) is -1.65. The van der Waals surface area contributed by atoms with E-state index in [4.69, 9.17) is 4.74 Å². The Bertz CT molecular complexity index is 1450. The second-order valence-corrected chi connectivity index (χ2v) is 8.06. The monoisotopic (exact) mass is 499 g/mol. The van der Waals surface area contributed by atoms with Crippen molar-refractivity contribution < 1.29 is 26.7 Å². The maximum Gasteiger partial charge on any atom is 0.417 e. The molecule has 0 spiro atoms. The number of ether oxygens (including phenoxy) is 1. The van der Waals surface area contributed by atoms with Gasteiger partial charge in [-0.2, -0.15) is 18.3 Å². The number of methoxy groups -OCH3 is 1. The maximum atomic E-state index is 14.1. The Kier molecular flexibility index (Phi) is 5.91. The molecule has 0 fully saturated rings. The molecular weight excluding hydrogens is 481 g/mol. The summed E-state index contributed by atoms with van der Waals surface area (Å²) in [5, 5.41) is 5.98. The zero-order chi connectivity index (χ0) is 25.4. The van der Waals surface area contributed by atoms with E-state index in [-0.39, 0.29) is 35.8 Å².